The van der Waals surface area contributed by atoms with Gasteiger partial charge in [0, 0.05) is 0 Å². The van der Waals surface area contributed by atoms with Crippen LogP contribution in [0, 0.1) is 27.6 Å². The van der Waals surface area contributed by atoms with Crippen molar-refractivity contribution >= 4 is 5.69 Å². The van der Waals surface area contributed by atoms with E-state index in [2.05, 4.69) is 6.58 Å². The lowest BCUT2D eigenvalue weighted by molar-refractivity contribution is -0.389. The van der Waals surface area contributed by atoms with Gasteiger partial charge >= 0.3 is 5.69 Å². The Bertz CT molecular complexity index is 766. The van der Waals surface area contributed by atoms with Crippen LogP contribution in [0.2, 0.25) is 0 Å². The van der Waals surface area contributed by atoms with Crippen molar-refractivity contribution in [3.05, 3.63) is 76.1 Å². The lowest BCUT2D eigenvalue weighted by atomic mass is 10.2. The fourth-order valence-electron chi connectivity index (χ4n) is 1.90. The molecule has 2 aromatic rings. The Morgan fingerprint density at radius 3 is 2.29 bits per heavy atom. The minimum Gasteiger partial charge on any atom is -0.483 e. The van der Waals surface area contributed by atoms with Crippen molar-refractivity contribution in [2.24, 2.45) is 0 Å². The van der Waals surface area contributed by atoms with Gasteiger partial charge in [0.05, 0.1) is 4.92 Å². The minimum absolute atomic E-state index is 0.257. The van der Waals surface area contributed by atoms with Gasteiger partial charge in [-0.25, -0.2) is 0 Å². The molecule has 0 heterocycles. The monoisotopic (exact) mass is 339 g/mol. The van der Waals surface area contributed by atoms with E-state index in [-0.39, 0.29) is 13.2 Å². The number of ether oxygens (including phenoxy) is 2. The van der Waals surface area contributed by atoms with Crippen LogP contribution in [0.1, 0.15) is 5.56 Å². The summed E-state index contributed by atoms with van der Waals surface area (Å²) < 4.78 is 52.0. The molecule has 2 aromatic carbocycles. The van der Waals surface area contributed by atoms with Crippen LogP contribution in [0.5, 0.6) is 11.5 Å². The predicted octanol–water partition coefficient (Wildman–Crippen LogP) is 4.16. The van der Waals surface area contributed by atoms with Crippen molar-refractivity contribution in [3.63, 3.8) is 0 Å². The summed E-state index contributed by atoms with van der Waals surface area (Å²) in [4.78, 5) is 9.62. The molecule has 0 radical (unpaired) electrons. The summed E-state index contributed by atoms with van der Waals surface area (Å²) in [5.41, 5.74) is -0.859. The standard InChI is InChI=1S/C16H12F3NO4/c1-2-8-23-16-13(19)15(12(18)11(17)14(16)20(21)22)24-9-10-6-4-3-5-7-10/h2-7H,1,8-9H2. The summed E-state index contributed by atoms with van der Waals surface area (Å²) in [5, 5.41) is 10.9. The zero-order chi connectivity index (χ0) is 17.7. The molecule has 0 aliphatic rings. The second-order valence-electron chi connectivity index (χ2n) is 4.58. The summed E-state index contributed by atoms with van der Waals surface area (Å²) in [6, 6.07) is 8.36. The lowest BCUT2D eigenvalue weighted by Gasteiger charge is -2.13. The highest BCUT2D eigenvalue weighted by Gasteiger charge is 2.35. The molecule has 0 saturated heterocycles. The normalized spacial score (nSPS) is 10.3. The Hall–Kier alpha value is -3.03. The molecule has 2 rings (SSSR count). The average molecular weight is 339 g/mol. The smallest absolute Gasteiger partial charge is 0.352 e. The van der Waals surface area contributed by atoms with Crippen molar-refractivity contribution in [2.75, 3.05) is 6.61 Å². The summed E-state index contributed by atoms with van der Waals surface area (Å²) in [6.07, 6.45) is 1.18. The number of hydrogen-bond acceptors (Lipinski definition) is 4. The van der Waals surface area contributed by atoms with Crippen LogP contribution in [0.25, 0.3) is 0 Å². The molecule has 0 atom stereocenters. The maximum absolute atomic E-state index is 14.4. The van der Waals surface area contributed by atoms with Gasteiger partial charge in [0.25, 0.3) is 0 Å². The van der Waals surface area contributed by atoms with Gasteiger partial charge in [-0.15, -0.1) is 0 Å². The summed E-state index contributed by atoms with van der Waals surface area (Å²) in [6.45, 7) is 2.71. The first-order valence-electron chi connectivity index (χ1n) is 6.72. The van der Waals surface area contributed by atoms with Crippen molar-refractivity contribution in [1.82, 2.24) is 0 Å². The maximum atomic E-state index is 14.4. The van der Waals surface area contributed by atoms with Crippen molar-refractivity contribution in [2.45, 2.75) is 6.61 Å². The Balaban J connectivity index is 2.45. The highest BCUT2D eigenvalue weighted by atomic mass is 19.2. The molecule has 0 unspecified atom stereocenters. The van der Waals surface area contributed by atoms with Gasteiger partial charge in [-0.1, -0.05) is 43.0 Å². The van der Waals surface area contributed by atoms with Gasteiger partial charge < -0.3 is 9.47 Å². The summed E-state index contributed by atoms with van der Waals surface area (Å²) >= 11 is 0. The first-order valence-corrected chi connectivity index (χ1v) is 6.72. The molecular weight excluding hydrogens is 327 g/mol. The van der Waals surface area contributed by atoms with E-state index in [1.165, 1.54) is 6.08 Å². The fourth-order valence-corrected chi connectivity index (χ4v) is 1.90. The zero-order valence-electron chi connectivity index (χ0n) is 12.3. The van der Waals surface area contributed by atoms with Crippen LogP contribution in [-0.4, -0.2) is 11.5 Å². The van der Waals surface area contributed by atoms with E-state index in [0.717, 1.165) is 0 Å². The molecule has 0 aromatic heterocycles. The fraction of sp³-hybridized carbons (Fsp3) is 0.125. The number of benzene rings is 2. The van der Waals surface area contributed by atoms with Gasteiger partial charge in [0.15, 0.2) is 5.75 Å². The molecule has 0 bridgehead atoms. The van der Waals surface area contributed by atoms with Gasteiger partial charge in [0.1, 0.15) is 13.2 Å². The van der Waals surface area contributed by atoms with E-state index in [4.69, 9.17) is 9.47 Å². The van der Waals surface area contributed by atoms with Gasteiger partial charge in [0.2, 0.25) is 23.2 Å². The molecular formula is C16H12F3NO4. The van der Waals surface area contributed by atoms with E-state index < -0.39 is 39.6 Å². The third-order valence-electron chi connectivity index (χ3n) is 2.97. The molecule has 0 aliphatic heterocycles. The average Bonchev–Trinajstić information content (AvgIpc) is 2.57. The topological polar surface area (TPSA) is 61.6 Å². The third kappa shape index (κ3) is 3.48. The Labute approximate surface area is 135 Å². The summed E-state index contributed by atoms with van der Waals surface area (Å²) in [7, 11) is 0. The van der Waals surface area contributed by atoms with Crippen molar-refractivity contribution in [3.8, 4) is 11.5 Å². The molecule has 5 nitrogen and oxygen atoms in total. The number of rotatable bonds is 7. The lowest BCUT2D eigenvalue weighted by Crippen LogP contribution is -2.09. The molecule has 0 amide bonds. The summed E-state index contributed by atoms with van der Waals surface area (Å²) in [5.74, 6) is -7.26. The molecule has 0 N–H and O–H groups in total. The number of halogens is 3. The van der Waals surface area contributed by atoms with E-state index in [0.29, 0.717) is 5.56 Å². The van der Waals surface area contributed by atoms with Gasteiger partial charge in [-0.2, -0.15) is 13.2 Å². The number of nitrogens with zero attached hydrogens (tertiary/aromatic N) is 1. The van der Waals surface area contributed by atoms with Crippen molar-refractivity contribution in [1.29, 1.82) is 0 Å². The molecule has 0 spiro atoms. The van der Waals surface area contributed by atoms with Gasteiger partial charge in [-0.05, 0) is 5.56 Å². The predicted molar refractivity (Wildman–Crippen MR) is 79.4 cm³/mol. The highest BCUT2D eigenvalue weighted by Crippen LogP contribution is 2.41. The zero-order valence-corrected chi connectivity index (χ0v) is 12.3. The Morgan fingerprint density at radius 2 is 1.71 bits per heavy atom. The molecule has 24 heavy (non-hydrogen) atoms. The van der Waals surface area contributed by atoms with Gasteiger partial charge in [-0.3, -0.25) is 10.1 Å². The van der Waals surface area contributed by atoms with Crippen LogP contribution in [0.15, 0.2) is 43.0 Å². The first-order chi connectivity index (χ1) is 11.5. The second kappa shape index (κ2) is 7.49. The minimum atomic E-state index is -1.86. The SMILES string of the molecule is C=CCOc1c(F)c(OCc2ccccc2)c(F)c(F)c1[N+](=O)[O-]. The quantitative estimate of drug-likeness (QED) is 0.329. The first kappa shape index (κ1) is 17.3. The molecule has 126 valence electrons. The van der Waals surface area contributed by atoms with Crippen LogP contribution in [0.4, 0.5) is 18.9 Å². The largest absolute Gasteiger partial charge is 0.483 e. The highest BCUT2D eigenvalue weighted by molar-refractivity contribution is 5.54. The van der Waals surface area contributed by atoms with Crippen LogP contribution >= 0.6 is 0 Å². The van der Waals surface area contributed by atoms with E-state index in [1.807, 2.05) is 0 Å². The third-order valence-corrected chi connectivity index (χ3v) is 2.97. The van der Waals surface area contributed by atoms with E-state index in [9.17, 15) is 23.3 Å². The number of nitro groups is 1. The number of hydrogen-bond donors (Lipinski definition) is 0. The Morgan fingerprint density at radius 1 is 1.04 bits per heavy atom. The molecule has 0 aliphatic carbocycles. The molecule has 8 heteroatoms. The van der Waals surface area contributed by atoms with E-state index in [1.54, 1.807) is 30.3 Å². The van der Waals surface area contributed by atoms with Crippen LogP contribution in [-0.2, 0) is 6.61 Å². The number of nitro benzene ring substituents is 1. The van der Waals surface area contributed by atoms with Crippen LogP contribution in [0.3, 0.4) is 0 Å². The van der Waals surface area contributed by atoms with Crippen LogP contribution < -0.4 is 9.47 Å². The molecule has 0 saturated carbocycles. The van der Waals surface area contributed by atoms with Crippen molar-refractivity contribution < 1.29 is 27.6 Å². The molecule has 0 fully saturated rings. The second-order valence-corrected chi connectivity index (χ2v) is 4.58. The maximum Gasteiger partial charge on any atom is 0.352 e. The Kier molecular flexibility index (Phi) is 5.41. The van der Waals surface area contributed by atoms with E-state index >= 15 is 0 Å².